The Balaban J connectivity index is 1.28. The van der Waals surface area contributed by atoms with E-state index in [4.69, 9.17) is 9.47 Å². The average Bonchev–Trinajstić information content (AvgIpc) is 3.60. The van der Waals surface area contributed by atoms with Crippen LogP contribution in [0.2, 0.25) is 0 Å². The first kappa shape index (κ1) is 24.3. The number of rotatable bonds is 6. The molecule has 36 heavy (non-hydrogen) atoms. The van der Waals surface area contributed by atoms with E-state index < -0.39 is 8.53 Å². The van der Waals surface area contributed by atoms with E-state index in [0.717, 1.165) is 11.1 Å². The van der Waals surface area contributed by atoms with Crippen LogP contribution in [0, 0.1) is 0 Å². The highest BCUT2D eigenvalue weighted by molar-refractivity contribution is 8.26. The van der Waals surface area contributed by atoms with Gasteiger partial charge in [0.2, 0.25) is 0 Å². The van der Waals surface area contributed by atoms with Crippen molar-refractivity contribution in [1.29, 1.82) is 0 Å². The number of thioether (sulfide) groups is 4. The maximum atomic E-state index is 6.12. The fourth-order valence-electron chi connectivity index (χ4n) is 4.40. The van der Waals surface area contributed by atoms with E-state index in [1.807, 2.05) is 12.1 Å². The predicted molar refractivity (Wildman–Crippen MR) is 161 cm³/mol. The molecule has 0 amide bonds. The SMILES string of the molecule is COC1(c2ccc3cc(C4(OC)SC=C(c5ccccc5)S4)ccc3c2)SC=C(c2ccccc2)S1. The molecule has 180 valence electrons. The lowest BCUT2D eigenvalue weighted by atomic mass is 10.0. The minimum Gasteiger partial charge on any atom is -0.353 e. The number of hydrogen-bond donors (Lipinski definition) is 0. The van der Waals surface area contributed by atoms with Gasteiger partial charge in [0.15, 0.2) is 8.53 Å². The molecule has 0 saturated carbocycles. The Labute approximate surface area is 228 Å². The van der Waals surface area contributed by atoms with Gasteiger partial charge < -0.3 is 9.47 Å². The third-order valence-electron chi connectivity index (χ3n) is 6.33. The maximum absolute atomic E-state index is 6.12. The van der Waals surface area contributed by atoms with Gasteiger partial charge in [-0.2, -0.15) is 0 Å². The molecule has 0 aromatic heterocycles. The topological polar surface area (TPSA) is 18.5 Å². The van der Waals surface area contributed by atoms with E-state index in [0.29, 0.717) is 0 Å². The average molecular weight is 545 g/mol. The molecule has 0 fully saturated rings. The van der Waals surface area contributed by atoms with Crippen molar-refractivity contribution in [3.8, 4) is 0 Å². The molecule has 2 nitrogen and oxygen atoms in total. The highest BCUT2D eigenvalue weighted by atomic mass is 32.2. The van der Waals surface area contributed by atoms with Crippen molar-refractivity contribution >= 4 is 67.6 Å². The van der Waals surface area contributed by atoms with Gasteiger partial charge in [-0.05, 0) is 44.8 Å². The molecule has 2 aliphatic heterocycles. The highest BCUT2D eigenvalue weighted by Crippen LogP contribution is 2.61. The van der Waals surface area contributed by atoms with Crippen LogP contribution in [0.4, 0.5) is 0 Å². The van der Waals surface area contributed by atoms with Crippen molar-refractivity contribution in [1.82, 2.24) is 0 Å². The zero-order valence-corrected chi connectivity index (χ0v) is 23.1. The quantitative estimate of drug-likeness (QED) is 0.239. The molecule has 0 aliphatic carbocycles. The van der Waals surface area contributed by atoms with Gasteiger partial charge in [0.25, 0.3) is 0 Å². The Morgan fingerprint density at radius 1 is 0.528 bits per heavy atom. The molecular weight excluding hydrogens is 521 g/mol. The van der Waals surface area contributed by atoms with E-state index in [1.165, 1.54) is 31.7 Å². The zero-order chi connectivity index (χ0) is 24.6. The van der Waals surface area contributed by atoms with Crippen LogP contribution in [0.25, 0.3) is 20.6 Å². The first-order chi connectivity index (χ1) is 17.6. The van der Waals surface area contributed by atoms with Gasteiger partial charge >= 0.3 is 0 Å². The van der Waals surface area contributed by atoms with Crippen molar-refractivity contribution in [2.75, 3.05) is 14.2 Å². The summed E-state index contributed by atoms with van der Waals surface area (Å²) in [6, 6.07) is 34.3. The molecule has 2 aliphatic rings. The summed E-state index contributed by atoms with van der Waals surface area (Å²) in [5.41, 5.74) is 4.75. The number of ether oxygens (including phenoxy) is 2. The van der Waals surface area contributed by atoms with Gasteiger partial charge in [-0.1, -0.05) is 132 Å². The summed E-state index contributed by atoms with van der Waals surface area (Å²) in [5.74, 6) is 0. The normalized spacial score (nSPS) is 23.6. The van der Waals surface area contributed by atoms with Crippen LogP contribution in [-0.2, 0) is 18.0 Å². The molecule has 4 aromatic rings. The van der Waals surface area contributed by atoms with E-state index >= 15 is 0 Å². The predicted octanol–water partition coefficient (Wildman–Crippen LogP) is 9.31. The van der Waals surface area contributed by atoms with Crippen molar-refractivity contribution < 1.29 is 9.47 Å². The van der Waals surface area contributed by atoms with E-state index in [2.05, 4.69) is 95.7 Å². The standard InChI is InChI=1S/C30H24O2S4/c1-31-29(33-19-27(35-29)21-9-5-3-6-10-21)25-15-13-24-18-26(16-14-23(24)17-25)30(32-2)34-20-28(36-30)22-11-7-4-8-12-22/h3-20H,1-2H3. The summed E-state index contributed by atoms with van der Waals surface area (Å²) >= 11 is 6.98. The van der Waals surface area contributed by atoms with E-state index in [9.17, 15) is 0 Å². The molecule has 0 spiro atoms. The van der Waals surface area contributed by atoms with Crippen molar-refractivity contribution in [2.24, 2.45) is 0 Å². The summed E-state index contributed by atoms with van der Waals surface area (Å²) in [7, 11) is 3.59. The lowest BCUT2D eigenvalue weighted by Gasteiger charge is -2.28. The summed E-state index contributed by atoms with van der Waals surface area (Å²) in [6.45, 7) is 0. The monoisotopic (exact) mass is 544 g/mol. The molecule has 0 N–H and O–H groups in total. The Morgan fingerprint density at radius 3 is 1.33 bits per heavy atom. The minimum absolute atomic E-state index is 0.489. The molecule has 2 unspecified atom stereocenters. The molecule has 6 rings (SSSR count). The Hall–Kier alpha value is -2.06. The Kier molecular flexibility index (Phi) is 6.75. The fourth-order valence-corrected chi connectivity index (χ4v) is 9.55. The third-order valence-corrected chi connectivity index (χ3v) is 12.3. The van der Waals surface area contributed by atoms with Crippen LogP contribution in [0.15, 0.2) is 108 Å². The second-order valence-electron chi connectivity index (χ2n) is 8.43. The summed E-state index contributed by atoms with van der Waals surface area (Å²) < 4.78 is 11.3. The van der Waals surface area contributed by atoms with E-state index in [-0.39, 0.29) is 0 Å². The van der Waals surface area contributed by atoms with Crippen LogP contribution in [0.5, 0.6) is 0 Å². The van der Waals surface area contributed by atoms with Gasteiger partial charge in [0.1, 0.15) is 0 Å². The van der Waals surface area contributed by atoms with E-state index in [1.54, 1.807) is 61.3 Å². The van der Waals surface area contributed by atoms with Gasteiger partial charge in [0, 0.05) is 35.2 Å². The first-order valence-electron chi connectivity index (χ1n) is 11.5. The number of fused-ring (bicyclic) bond motifs is 1. The Morgan fingerprint density at radius 2 is 0.944 bits per heavy atom. The van der Waals surface area contributed by atoms with Gasteiger partial charge in [-0.15, -0.1) is 0 Å². The number of benzene rings is 4. The molecule has 0 bridgehead atoms. The van der Waals surface area contributed by atoms with Gasteiger partial charge in [-0.25, -0.2) is 0 Å². The third kappa shape index (κ3) is 4.34. The molecule has 2 atom stereocenters. The maximum Gasteiger partial charge on any atom is 0.194 e. The molecule has 2 heterocycles. The summed E-state index contributed by atoms with van der Waals surface area (Å²) in [5, 5.41) is 6.81. The van der Waals surface area contributed by atoms with Crippen LogP contribution in [0.3, 0.4) is 0 Å². The second-order valence-corrected chi connectivity index (χ2v) is 13.5. The zero-order valence-electron chi connectivity index (χ0n) is 19.8. The molecular formula is C30H24O2S4. The van der Waals surface area contributed by atoms with Gasteiger partial charge in [-0.3, -0.25) is 0 Å². The van der Waals surface area contributed by atoms with Crippen LogP contribution in [-0.4, -0.2) is 14.2 Å². The van der Waals surface area contributed by atoms with Crippen LogP contribution < -0.4 is 0 Å². The van der Waals surface area contributed by atoms with Crippen LogP contribution in [0.1, 0.15) is 22.3 Å². The fraction of sp³-hybridized carbons (Fsp3) is 0.133. The highest BCUT2D eigenvalue weighted by Gasteiger charge is 2.41. The second kappa shape index (κ2) is 10.0. The lowest BCUT2D eigenvalue weighted by Crippen LogP contribution is -2.18. The summed E-state index contributed by atoms with van der Waals surface area (Å²) in [4.78, 5) is 2.47. The van der Waals surface area contributed by atoms with Crippen molar-refractivity contribution in [3.05, 3.63) is 130 Å². The molecule has 0 radical (unpaired) electrons. The number of hydrogen-bond acceptors (Lipinski definition) is 6. The molecule has 4 aromatic carbocycles. The first-order valence-corrected chi connectivity index (χ1v) is 14.9. The van der Waals surface area contributed by atoms with Gasteiger partial charge in [0.05, 0.1) is 0 Å². The van der Waals surface area contributed by atoms with Crippen molar-refractivity contribution in [2.45, 2.75) is 8.53 Å². The largest absolute Gasteiger partial charge is 0.353 e. The minimum atomic E-state index is -0.489. The lowest BCUT2D eigenvalue weighted by molar-refractivity contribution is 0.148. The summed E-state index contributed by atoms with van der Waals surface area (Å²) in [6.07, 6.45) is 0. The smallest absolute Gasteiger partial charge is 0.194 e. The number of methoxy groups -OCH3 is 2. The molecule has 6 heteroatoms. The van der Waals surface area contributed by atoms with Crippen molar-refractivity contribution in [3.63, 3.8) is 0 Å². The molecule has 0 saturated heterocycles. The Bertz CT molecular complexity index is 1360. The van der Waals surface area contributed by atoms with Crippen LogP contribution >= 0.6 is 47.0 Å².